The number of rotatable bonds is 10. The van der Waals surface area contributed by atoms with Gasteiger partial charge in [-0.15, -0.1) is 0 Å². The van der Waals surface area contributed by atoms with Gasteiger partial charge in [-0.2, -0.15) is 0 Å². The van der Waals surface area contributed by atoms with Crippen LogP contribution in [0.4, 0.5) is 17.1 Å². The number of nitrogens with two attached hydrogens (primary N) is 1. The lowest BCUT2D eigenvalue weighted by Crippen LogP contribution is -2.13. The Kier molecular flexibility index (Phi) is 7.86. The molecule has 5 nitrogen and oxygen atoms in total. The Hall–Kier alpha value is -2.82. The lowest BCUT2D eigenvalue weighted by atomic mass is 10.0. The van der Waals surface area contributed by atoms with Gasteiger partial charge in [0.1, 0.15) is 0 Å². The molecule has 0 aliphatic rings. The maximum atomic E-state index is 12.4. The standard InChI is InChI=1S/C22H29N3O2/c1-25(2)20-14-10-7-11-17(20)21(26)15-5-3-4-6-16-22(27)24-19-13-9-8-12-18(19)23/h7-14H,3-6,15-16,23H2,1-2H3,(H,24,27). The van der Waals surface area contributed by atoms with Crippen molar-refractivity contribution in [2.24, 2.45) is 0 Å². The van der Waals surface area contributed by atoms with Crippen LogP contribution in [0.3, 0.4) is 0 Å². The Morgan fingerprint density at radius 3 is 2.22 bits per heavy atom. The Morgan fingerprint density at radius 2 is 1.52 bits per heavy atom. The number of nitrogens with one attached hydrogen (secondary N) is 1. The molecule has 0 aliphatic carbocycles. The molecule has 0 bridgehead atoms. The highest BCUT2D eigenvalue weighted by molar-refractivity contribution is 6.01. The lowest BCUT2D eigenvalue weighted by molar-refractivity contribution is -0.116. The molecule has 0 heterocycles. The first-order valence-corrected chi connectivity index (χ1v) is 9.43. The number of Topliss-reactive ketones (excluding diaryl/α,β-unsaturated/α-hetero) is 1. The average molecular weight is 367 g/mol. The number of para-hydroxylation sites is 3. The second-order valence-corrected chi connectivity index (χ2v) is 6.88. The summed E-state index contributed by atoms with van der Waals surface area (Å²) in [5, 5.41) is 2.83. The molecule has 2 aromatic rings. The van der Waals surface area contributed by atoms with Gasteiger partial charge in [-0.3, -0.25) is 9.59 Å². The average Bonchev–Trinajstić information content (AvgIpc) is 2.66. The van der Waals surface area contributed by atoms with Gasteiger partial charge >= 0.3 is 0 Å². The number of carbonyl (C=O) groups excluding carboxylic acids is 2. The van der Waals surface area contributed by atoms with Crippen LogP contribution in [0.1, 0.15) is 48.9 Å². The van der Waals surface area contributed by atoms with Crippen LogP contribution in [-0.2, 0) is 4.79 Å². The van der Waals surface area contributed by atoms with Gasteiger partial charge in [0.05, 0.1) is 11.4 Å². The van der Waals surface area contributed by atoms with E-state index < -0.39 is 0 Å². The number of nitrogen functional groups attached to an aromatic ring is 1. The fourth-order valence-electron chi connectivity index (χ4n) is 2.98. The zero-order valence-corrected chi connectivity index (χ0v) is 16.2. The van der Waals surface area contributed by atoms with E-state index in [4.69, 9.17) is 5.73 Å². The molecule has 0 saturated carbocycles. The van der Waals surface area contributed by atoms with Crippen molar-refractivity contribution in [2.75, 3.05) is 30.0 Å². The first-order chi connectivity index (χ1) is 13.0. The fourth-order valence-corrected chi connectivity index (χ4v) is 2.98. The molecule has 5 heteroatoms. The summed E-state index contributed by atoms with van der Waals surface area (Å²) in [6.45, 7) is 0. The fraction of sp³-hybridized carbons (Fsp3) is 0.364. The molecule has 0 radical (unpaired) electrons. The van der Waals surface area contributed by atoms with Gasteiger partial charge in [0.25, 0.3) is 0 Å². The number of carbonyl (C=O) groups is 2. The van der Waals surface area contributed by atoms with Gasteiger partial charge < -0.3 is 16.0 Å². The van der Waals surface area contributed by atoms with E-state index in [0.29, 0.717) is 24.2 Å². The molecule has 2 aromatic carbocycles. The van der Waals surface area contributed by atoms with Gasteiger partial charge in [0, 0.05) is 38.2 Å². The molecule has 0 aromatic heterocycles. The Morgan fingerprint density at radius 1 is 0.889 bits per heavy atom. The minimum Gasteiger partial charge on any atom is -0.397 e. The molecule has 0 aliphatic heterocycles. The normalized spacial score (nSPS) is 10.4. The van der Waals surface area contributed by atoms with Gasteiger partial charge in [0.2, 0.25) is 5.91 Å². The van der Waals surface area contributed by atoms with Crippen molar-refractivity contribution in [3.63, 3.8) is 0 Å². The van der Waals surface area contributed by atoms with Crippen molar-refractivity contribution in [3.8, 4) is 0 Å². The van der Waals surface area contributed by atoms with Crippen LogP contribution >= 0.6 is 0 Å². The summed E-state index contributed by atoms with van der Waals surface area (Å²) in [5.41, 5.74) is 8.79. The third-order valence-corrected chi connectivity index (χ3v) is 4.48. The Balaban J connectivity index is 1.65. The van der Waals surface area contributed by atoms with Gasteiger partial charge in [-0.25, -0.2) is 0 Å². The summed E-state index contributed by atoms with van der Waals surface area (Å²) in [4.78, 5) is 26.4. The van der Waals surface area contributed by atoms with Crippen LogP contribution in [0.2, 0.25) is 0 Å². The highest BCUT2D eigenvalue weighted by Gasteiger charge is 2.12. The van der Waals surface area contributed by atoms with Gasteiger partial charge in [-0.1, -0.05) is 37.1 Å². The molecule has 27 heavy (non-hydrogen) atoms. The predicted octanol–water partition coefficient (Wildman–Crippen LogP) is 4.50. The zero-order valence-electron chi connectivity index (χ0n) is 16.2. The largest absolute Gasteiger partial charge is 0.397 e. The van der Waals surface area contributed by atoms with E-state index in [0.717, 1.165) is 36.9 Å². The van der Waals surface area contributed by atoms with Crippen LogP contribution in [0.25, 0.3) is 0 Å². The van der Waals surface area contributed by atoms with E-state index in [1.165, 1.54) is 0 Å². The maximum Gasteiger partial charge on any atom is 0.224 e. The van der Waals surface area contributed by atoms with E-state index in [1.54, 1.807) is 12.1 Å². The predicted molar refractivity (Wildman–Crippen MR) is 112 cm³/mol. The SMILES string of the molecule is CN(C)c1ccccc1C(=O)CCCCCCC(=O)Nc1ccccc1N. The Bertz CT molecular complexity index is 772. The van der Waals surface area contributed by atoms with Crippen molar-refractivity contribution >= 4 is 28.8 Å². The molecule has 0 spiro atoms. The number of hydrogen-bond acceptors (Lipinski definition) is 4. The third kappa shape index (κ3) is 6.44. The number of benzene rings is 2. The van der Waals surface area contributed by atoms with E-state index in [-0.39, 0.29) is 11.7 Å². The number of unbranched alkanes of at least 4 members (excludes halogenated alkanes) is 3. The molecule has 0 atom stereocenters. The highest BCUT2D eigenvalue weighted by atomic mass is 16.1. The smallest absolute Gasteiger partial charge is 0.224 e. The van der Waals surface area contributed by atoms with Crippen molar-refractivity contribution in [3.05, 3.63) is 54.1 Å². The van der Waals surface area contributed by atoms with Crippen LogP contribution in [0, 0.1) is 0 Å². The van der Waals surface area contributed by atoms with Crippen LogP contribution in [-0.4, -0.2) is 25.8 Å². The van der Waals surface area contributed by atoms with Crippen LogP contribution in [0.15, 0.2) is 48.5 Å². The van der Waals surface area contributed by atoms with Gasteiger partial charge in [0.15, 0.2) is 5.78 Å². The summed E-state index contributed by atoms with van der Waals surface area (Å²) in [6.07, 6.45) is 4.52. The molecule has 0 unspecified atom stereocenters. The number of hydrogen-bond donors (Lipinski definition) is 2. The van der Waals surface area contributed by atoms with E-state index in [2.05, 4.69) is 5.32 Å². The van der Waals surface area contributed by atoms with E-state index in [1.807, 2.05) is 55.4 Å². The summed E-state index contributed by atoms with van der Waals surface area (Å²) in [5.74, 6) is 0.153. The summed E-state index contributed by atoms with van der Waals surface area (Å²) in [7, 11) is 3.89. The molecular weight excluding hydrogens is 338 g/mol. The van der Waals surface area contributed by atoms with E-state index >= 15 is 0 Å². The van der Waals surface area contributed by atoms with Crippen molar-refractivity contribution in [1.82, 2.24) is 0 Å². The Labute approximate surface area is 161 Å². The highest BCUT2D eigenvalue weighted by Crippen LogP contribution is 2.21. The molecule has 2 rings (SSSR count). The first kappa shape index (κ1) is 20.5. The summed E-state index contributed by atoms with van der Waals surface area (Å²) < 4.78 is 0. The monoisotopic (exact) mass is 367 g/mol. The molecule has 144 valence electrons. The molecular formula is C22H29N3O2. The van der Waals surface area contributed by atoms with E-state index in [9.17, 15) is 9.59 Å². The molecule has 0 saturated heterocycles. The quantitative estimate of drug-likeness (QED) is 0.368. The number of ketones is 1. The van der Waals surface area contributed by atoms with Gasteiger partial charge in [-0.05, 0) is 37.1 Å². The first-order valence-electron chi connectivity index (χ1n) is 9.43. The minimum absolute atomic E-state index is 0.0242. The number of anilines is 3. The van der Waals surface area contributed by atoms with Crippen molar-refractivity contribution in [2.45, 2.75) is 38.5 Å². The number of amides is 1. The minimum atomic E-state index is -0.0242. The summed E-state index contributed by atoms with van der Waals surface area (Å²) in [6, 6.07) is 14.9. The van der Waals surface area contributed by atoms with Crippen molar-refractivity contribution in [1.29, 1.82) is 0 Å². The second-order valence-electron chi connectivity index (χ2n) is 6.88. The molecule has 1 amide bonds. The molecule has 0 fully saturated rings. The third-order valence-electron chi connectivity index (χ3n) is 4.48. The van der Waals surface area contributed by atoms with Crippen LogP contribution in [0.5, 0.6) is 0 Å². The van der Waals surface area contributed by atoms with Crippen molar-refractivity contribution < 1.29 is 9.59 Å². The van der Waals surface area contributed by atoms with Crippen LogP contribution < -0.4 is 16.0 Å². The zero-order chi connectivity index (χ0) is 19.6. The topological polar surface area (TPSA) is 75.4 Å². The maximum absolute atomic E-state index is 12.4. The number of nitrogens with zero attached hydrogens (tertiary/aromatic N) is 1. The second kappa shape index (κ2) is 10.4. The summed E-state index contributed by atoms with van der Waals surface area (Å²) >= 11 is 0. The lowest BCUT2D eigenvalue weighted by Gasteiger charge is -2.16. The molecule has 3 N–H and O–H groups in total.